The maximum absolute atomic E-state index is 12.1. The van der Waals surface area contributed by atoms with E-state index in [1.54, 1.807) is 49.4 Å². The van der Waals surface area contributed by atoms with E-state index in [9.17, 15) is 10.1 Å². The smallest absolute Gasteiger partial charge is 0.271 e. The van der Waals surface area contributed by atoms with Crippen LogP contribution in [0.4, 0.5) is 0 Å². The first-order valence-electron chi connectivity index (χ1n) is 6.00. The van der Waals surface area contributed by atoms with Gasteiger partial charge in [-0.05, 0) is 36.8 Å². The largest absolute Gasteiger partial charge is 0.331 e. The van der Waals surface area contributed by atoms with Gasteiger partial charge in [-0.25, -0.2) is 4.98 Å². The third-order valence-corrected chi connectivity index (χ3v) is 2.94. The van der Waals surface area contributed by atoms with E-state index in [1.165, 1.54) is 0 Å². The predicted molar refractivity (Wildman–Crippen MR) is 76.2 cm³/mol. The van der Waals surface area contributed by atoms with Crippen molar-refractivity contribution in [3.8, 4) is 6.07 Å². The van der Waals surface area contributed by atoms with Gasteiger partial charge >= 0.3 is 0 Å². The molecular formula is C15H12ClN3O. The first-order valence-corrected chi connectivity index (χ1v) is 6.37. The molecule has 2 aromatic rings. The van der Waals surface area contributed by atoms with Crippen LogP contribution in [-0.2, 0) is 0 Å². The molecule has 5 heteroatoms. The highest BCUT2D eigenvalue weighted by molar-refractivity contribution is 6.30. The summed E-state index contributed by atoms with van der Waals surface area (Å²) in [7, 11) is 0. The number of nitrogens with one attached hydrogen (secondary N) is 1. The van der Waals surface area contributed by atoms with Gasteiger partial charge < -0.3 is 5.32 Å². The summed E-state index contributed by atoms with van der Waals surface area (Å²) in [4.78, 5) is 16.2. The molecule has 0 spiro atoms. The molecule has 0 aliphatic heterocycles. The Kier molecular flexibility index (Phi) is 4.34. The van der Waals surface area contributed by atoms with E-state index < -0.39 is 6.04 Å². The zero-order valence-corrected chi connectivity index (χ0v) is 11.6. The second kappa shape index (κ2) is 6.18. The van der Waals surface area contributed by atoms with Gasteiger partial charge in [0.05, 0.1) is 6.07 Å². The lowest BCUT2D eigenvalue weighted by molar-refractivity contribution is 0.0940. The van der Waals surface area contributed by atoms with Crippen LogP contribution in [0.2, 0.25) is 5.02 Å². The van der Waals surface area contributed by atoms with Crippen molar-refractivity contribution < 1.29 is 4.79 Å². The Morgan fingerprint density at radius 1 is 1.35 bits per heavy atom. The van der Waals surface area contributed by atoms with Crippen LogP contribution in [0, 0.1) is 18.3 Å². The Balaban J connectivity index is 2.19. The van der Waals surface area contributed by atoms with Gasteiger partial charge in [0.1, 0.15) is 11.7 Å². The maximum atomic E-state index is 12.1. The van der Waals surface area contributed by atoms with Crippen molar-refractivity contribution in [2.45, 2.75) is 13.0 Å². The number of halogens is 1. The van der Waals surface area contributed by atoms with Crippen molar-refractivity contribution in [3.05, 3.63) is 64.4 Å². The molecule has 1 aromatic carbocycles. The van der Waals surface area contributed by atoms with Gasteiger partial charge in [0.15, 0.2) is 0 Å². The number of benzene rings is 1. The van der Waals surface area contributed by atoms with E-state index in [-0.39, 0.29) is 11.6 Å². The normalized spacial score (nSPS) is 11.4. The lowest BCUT2D eigenvalue weighted by atomic mass is 10.1. The SMILES string of the molecule is Cc1cccc(C(=O)N[C@@H](C#N)c2cccc(Cl)c2)n1. The third kappa shape index (κ3) is 3.34. The summed E-state index contributed by atoms with van der Waals surface area (Å²) in [6, 6.07) is 13.3. The molecule has 0 aliphatic rings. The molecule has 0 fully saturated rings. The second-order valence-corrected chi connectivity index (χ2v) is 4.69. The van der Waals surface area contributed by atoms with Crippen molar-refractivity contribution in [1.82, 2.24) is 10.3 Å². The first kappa shape index (κ1) is 14.0. The van der Waals surface area contributed by atoms with Gasteiger partial charge in [-0.3, -0.25) is 4.79 Å². The van der Waals surface area contributed by atoms with Crippen LogP contribution in [0.5, 0.6) is 0 Å². The Morgan fingerprint density at radius 3 is 2.75 bits per heavy atom. The molecule has 0 radical (unpaired) electrons. The zero-order chi connectivity index (χ0) is 14.5. The summed E-state index contributed by atoms with van der Waals surface area (Å²) in [6.45, 7) is 1.80. The molecule has 0 bridgehead atoms. The fraction of sp³-hybridized carbons (Fsp3) is 0.133. The Morgan fingerprint density at radius 2 is 2.10 bits per heavy atom. The van der Waals surface area contributed by atoms with E-state index in [4.69, 9.17) is 11.6 Å². The summed E-state index contributed by atoms with van der Waals surface area (Å²) in [5.74, 6) is -0.389. The van der Waals surface area contributed by atoms with Crippen LogP contribution < -0.4 is 5.32 Å². The van der Waals surface area contributed by atoms with Crippen molar-refractivity contribution in [2.24, 2.45) is 0 Å². The minimum absolute atomic E-state index is 0.285. The fourth-order valence-corrected chi connectivity index (χ4v) is 1.95. The summed E-state index contributed by atoms with van der Waals surface area (Å²) in [5, 5.41) is 12.3. The van der Waals surface area contributed by atoms with Crippen LogP contribution in [0.15, 0.2) is 42.5 Å². The van der Waals surface area contributed by atoms with Crippen molar-refractivity contribution in [1.29, 1.82) is 5.26 Å². The third-order valence-electron chi connectivity index (χ3n) is 2.71. The van der Waals surface area contributed by atoms with E-state index in [0.717, 1.165) is 5.69 Å². The van der Waals surface area contributed by atoms with Crippen molar-refractivity contribution in [2.75, 3.05) is 0 Å². The number of amides is 1. The Labute approximate surface area is 122 Å². The van der Waals surface area contributed by atoms with Gasteiger partial charge in [0, 0.05) is 10.7 Å². The maximum Gasteiger partial charge on any atom is 0.271 e. The van der Waals surface area contributed by atoms with Crippen LogP contribution in [0.3, 0.4) is 0 Å². The molecule has 0 unspecified atom stereocenters. The first-order chi connectivity index (χ1) is 9.60. The number of carbonyl (C=O) groups is 1. The lowest BCUT2D eigenvalue weighted by Crippen LogP contribution is -2.28. The average molecular weight is 286 g/mol. The number of aryl methyl sites for hydroxylation is 1. The number of hydrogen-bond donors (Lipinski definition) is 1. The van der Waals surface area contributed by atoms with Crippen LogP contribution in [0.25, 0.3) is 0 Å². The van der Waals surface area contributed by atoms with E-state index in [1.807, 2.05) is 6.07 Å². The number of hydrogen-bond acceptors (Lipinski definition) is 3. The topological polar surface area (TPSA) is 65.8 Å². The molecule has 4 nitrogen and oxygen atoms in total. The highest BCUT2D eigenvalue weighted by Crippen LogP contribution is 2.17. The van der Waals surface area contributed by atoms with Gasteiger partial charge in [-0.1, -0.05) is 29.8 Å². The second-order valence-electron chi connectivity index (χ2n) is 4.25. The lowest BCUT2D eigenvalue weighted by Gasteiger charge is -2.12. The molecule has 100 valence electrons. The minimum atomic E-state index is -0.761. The van der Waals surface area contributed by atoms with Crippen molar-refractivity contribution in [3.63, 3.8) is 0 Å². The highest BCUT2D eigenvalue weighted by atomic mass is 35.5. The molecule has 1 N–H and O–H groups in total. The standard InChI is InChI=1S/C15H12ClN3O/c1-10-4-2-7-13(18-10)15(20)19-14(9-17)11-5-3-6-12(16)8-11/h2-8,14H,1H3,(H,19,20)/t14-/m0/s1. The van der Waals surface area contributed by atoms with Gasteiger partial charge in [0.25, 0.3) is 5.91 Å². The van der Waals surface area contributed by atoms with Crippen molar-refractivity contribution >= 4 is 17.5 Å². The predicted octanol–water partition coefficient (Wildman–Crippen LogP) is 3.04. The van der Waals surface area contributed by atoms with Gasteiger partial charge in [-0.2, -0.15) is 5.26 Å². The molecule has 1 aromatic heterocycles. The van der Waals surface area contributed by atoms with E-state index in [0.29, 0.717) is 10.6 Å². The van der Waals surface area contributed by atoms with Crippen LogP contribution in [0.1, 0.15) is 27.8 Å². The molecule has 1 atom stereocenters. The number of nitrogens with zero attached hydrogens (tertiary/aromatic N) is 2. The molecule has 0 saturated heterocycles. The van der Waals surface area contributed by atoms with Gasteiger partial charge in [0.2, 0.25) is 0 Å². The fourth-order valence-electron chi connectivity index (χ4n) is 1.75. The molecule has 0 aliphatic carbocycles. The number of carbonyl (C=O) groups excluding carboxylic acids is 1. The molecule has 1 amide bonds. The Bertz CT molecular complexity index is 679. The average Bonchev–Trinajstić information content (AvgIpc) is 2.44. The van der Waals surface area contributed by atoms with E-state index in [2.05, 4.69) is 10.3 Å². The number of aromatic nitrogens is 1. The van der Waals surface area contributed by atoms with Gasteiger partial charge in [-0.15, -0.1) is 0 Å². The minimum Gasteiger partial charge on any atom is -0.331 e. The quantitative estimate of drug-likeness (QED) is 0.942. The summed E-state index contributed by atoms with van der Waals surface area (Å²) in [6.07, 6.45) is 0. The number of nitriles is 1. The molecule has 20 heavy (non-hydrogen) atoms. The number of rotatable bonds is 3. The van der Waals surface area contributed by atoms with Crippen LogP contribution >= 0.6 is 11.6 Å². The summed E-state index contributed by atoms with van der Waals surface area (Å²) >= 11 is 5.89. The molecule has 2 rings (SSSR count). The molecule has 1 heterocycles. The van der Waals surface area contributed by atoms with Crippen LogP contribution in [-0.4, -0.2) is 10.9 Å². The molecule has 0 saturated carbocycles. The zero-order valence-electron chi connectivity index (χ0n) is 10.8. The summed E-state index contributed by atoms with van der Waals surface area (Å²) in [5.41, 5.74) is 1.67. The monoisotopic (exact) mass is 285 g/mol. The Hall–Kier alpha value is -2.38. The number of pyridine rings is 1. The van der Waals surface area contributed by atoms with E-state index >= 15 is 0 Å². The highest BCUT2D eigenvalue weighted by Gasteiger charge is 2.16. The molecular weight excluding hydrogens is 274 g/mol. The summed E-state index contributed by atoms with van der Waals surface area (Å²) < 4.78 is 0.